The minimum Gasteiger partial charge on any atom is -1.00 e. The zero-order valence-corrected chi connectivity index (χ0v) is 11.2. The van der Waals surface area contributed by atoms with Gasteiger partial charge in [-0.1, -0.05) is 0 Å². The maximum atomic E-state index is 10.4. The molecule has 0 unspecified atom stereocenters. The van der Waals surface area contributed by atoms with Crippen molar-refractivity contribution in [2.75, 3.05) is 0 Å². The summed E-state index contributed by atoms with van der Waals surface area (Å²) < 4.78 is 0. The minimum absolute atomic E-state index is 0. The largest absolute Gasteiger partial charge is 1.00 e. The molecule has 0 aliphatic heterocycles. The second-order valence-corrected chi connectivity index (χ2v) is 3.26. The Morgan fingerprint density at radius 2 is 1.65 bits per heavy atom. The maximum absolute atomic E-state index is 10.4. The normalized spacial score (nSPS) is 8.00. The molecule has 0 spiro atoms. The van der Waals surface area contributed by atoms with Gasteiger partial charge in [0, 0.05) is 18.5 Å². The predicted molar refractivity (Wildman–Crippen MR) is 67.9 cm³/mol. The lowest BCUT2D eigenvalue weighted by Gasteiger charge is -1.88. The first-order valence-corrected chi connectivity index (χ1v) is 5.07. The molecule has 7 nitrogen and oxygen atoms in total. The van der Waals surface area contributed by atoms with Crippen molar-refractivity contribution in [3.8, 4) is 0 Å². The number of carbonyl (C=O) groups is 2. The lowest BCUT2D eigenvalue weighted by molar-refractivity contribution is -0.378. The highest BCUT2D eigenvalue weighted by Gasteiger charge is 1.98. The quantitative estimate of drug-likeness (QED) is 0.582. The Labute approximate surface area is 121 Å². The van der Waals surface area contributed by atoms with E-state index in [0.29, 0.717) is 11.1 Å². The molecule has 0 fully saturated rings. The summed E-state index contributed by atoms with van der Waals surface area (Å²) in [6.45, 7) is 0. The van der Waals surface area contributed by atoms with Gasteiger partial charge in [0.05, 0.1) is 5.56 Å². The van der Waals surface area contributed by atoms with Crippen molar-refractivity contribution in [3.05, 3.63) is 60.2 Å². The molecule has 7 N–H and O–H groups in total. The first-order valence-electron chi connectivity index (χ1n) is 5.07. The molecule has 2 aromatic rings. The number of H-pyrrole nitrogens is 1. The van der Waals surface area contributed by atoms with E-state index in [4.69, 9.17) is 11.5 Å². The van der Waals surface area contributed by atoms with Crippen LogP contribution < -0.4 is 28.9 Å². The van der Waals surface area contributed by atoms with E-state index in [-0.39, 0.29) is 17.9 Å². The molecule has 2 aromatic heterocycles. The Hall–Kier alpha value is -2.51. The number of halogens is 1. The van der Waals surface area contributed by atoms with Gasteiger partial charge in [-0.15, -0.1) is 0 Å². The van der Waals surface area contributed by atoms with Gasteiger partial charge in [-0.25, -0.2) is 4.98 Å². The van der Waals surface area contributed by atoms with Crippen LogP contribution in [0.3, 0.4) is 0 Å². The summed E-state index contributed by atoms with van der Waals surface area (Å²) in [5, 5.41) is 0. The number of primary amides is 2. The lowest BCUT2D eigenvalue weighted by atomic mass is 10.3. The number of rotatable bonds is 2. The summed E-state index contributed by atoms with van der Waals surface area (Å²) in [4.78, 5) is 27.2. The van der Waals surface area contributed by atoms with E-state index < -0.39 is 11.8 Å². The van der Waals surface area contributed by atoms with E-state index in [0.717, 1.165) is 0 Å². The fourth-order valence-electron chi connectivity index (χ4n) is 1.06. The summed E-state index contributed by atoms with van der Waals surface area (Å²) in [6.07, 6.45) is 6.30. The van der Waals surface area contributed by atoms with Crippen LogP contribution in [0, 0.1) is 0 Å². The Morgan fingerprint density at radius 1 is 1.05 bits per heavy atom. The van der Waals surface area contributed by atoms with E-state index in [9.17, 15) is 9.59 Å². The van der Waals surface area contributed by atoms with Crippen LogP contribution in [0.5, 0.6) is 0 Å². The van der Waals surface area contributed by atoms with Crippen LogP contribution in [0.1, 0.15) is 20.7 Å². The van der Waals surface area contributed by atoms with Gasteiger partial charge in [-0.2, -0.15) is 0 Å². The summed E-state index contributed by atoms with van der Waals surface area (Å²) in [5.74, 6) is -0.852. The van der Waals surface area contributed by atoms with Crippen LogP contribution in [0.4, 0.5) is 0 Å². The van der Waals surface area contributed by atoms with E-state index in [1.165, 1.54) is 6.20 Å². The first-order chi connectivity index (χ1) is 8.61. The number of pyridine rings is 2. The van der Waals surface area contributed by atoms with Crippen molar-refractivity contribution in [2.45, 2.75) is 0 Å². The average molecular weight is 299 g/mol. The van der Waals surface area contributed by atoms with Gasteiger partial charge in [-0.3, -0.25) is 14.6 Å². The van der Waals surface area contributed by atoms with Gasteiger partial charge in [0.15, 0.2) is 12.4 Å². The SMILES string of the molecule is NC(=O)c1ccc[nH+]c1.NC(=O)c1cccnc1.O.[Cl-]. The molecule has 0 bridgehead atoms. The minimum atomic E-state index is -0.442. The zero-order chi connectivity index (χ0) is 13.4. The topological polar surface area (TPSA) is 145 Å². The second kappa shape index (κ2) is 10.4. The van der Waals surface area contributed by atoms with Crippen molar-refractivity contribution in [1.29, 1.82) is 0 Å². The van der Waals surface area contributed by atoms with Crippen molar-refractivity contribution < 1.29 is 32.5 Å². The van der Waals surface area contributed by atoms with Crippen molar-refractivity contribution in [3.63, 3.8) is 0 Å². The van der Waals surface area contributed by atoms with Crippen molar-refractivity contribution in [1.82, 2.24) is 4.98 Å². The number of hydrogen-bond acceptors (Lipinski definition) is 3. The van der Waals surface area contributed by atoms with Gasteiger partial charge < -0.3 is 29.4 Å². The van der Waals surface area contributed by atoms with Gasteiger partial charge in [-0.05, 0) is 18.2 Å². The van der Waals surface area contributed by atoms with Crippen LogP contribution in [-0.4, -0.2) is 22.3 Å². The van der Waals surface area contributed by atoms with Gasteiger partial charge in [0.25, 0.3) is 5.91 Å². The number of nitrogens with zero attached hydrogens (tertiary/aromatic N) is 1. The third-order valence-corrected chi connectivity index (χ3v) is 1.94. The van der Waals surface area contributed by atoms with E-state index >= 15 is 0 Å². The van der Waals surface area contributed by atoms with Crippen LogP contribution >= 0.6 is 0 Å². The van der Waals surface area contributed by atoms with E-state index in [2.05, 4.69) is 9.97 Å². The zero-order valence-electron chi connectivity index (χ0n) is 10.4. The number of nitrogens with two attached hydrogens (primary N) is 2. The Kier molecular flexibility index (Phi) is 10.3. The highest BCUT2D eigenvalue weighted by Crippen LogP contribution is 1.91. The fraction of sp³-hybridized carbons (Fsp3) is 0. The monoisotopic (exact) mass is 298 g/mol. The highest BCUT2D eigenvalue weighted by molar-refractivity contribution is 5.92. The highest BCUT2D eigenvalue weighted by atomic mass is 35.5. The number of carbonyl (C=O) groups excluding carboxylic acids is 2. The lowest BCUT2D eigenvalue weighted by Crippen LogP contribution is -3.00. The molecule has 0 atom stereocenters. The second-order valence-electron chi connectivity index (χ2n) is 3.26. The summed E-state index contributed by atoms with van der Waals surface area (Å²) in [5.41, 5.74) is 10.8. The van der Waals surface area contributed by atoms with E-state index in [1.807, 2.05) is 0 Å². The molecule has 2 amide bonds. The summed E-state index contributed by atoms with van der Waals surface area (Å²) >= 11 is 0. The molecule has 20 heavy (non-hydrogen) atoms. The number of nitrogens with one attached hydrogen (secondary N) is 1. The van der Waals surface area contributed by atoms with Crippen LogP contribution in [0.25, 0.3) is 0 Å². The fourth-order valence-corrected chi connectivity index (χ4v) is 1.06. The van der Waals surface area contributed by atoms with Gasteiger partial charge in [0.2, 0.25) is 5.91 Å². The van der Waals surface area contributed by atoms with E-state index in [1.54, 1.807) is 42.9 Å². The standard InChI is InChI=1S/2C6H6N2O.ClH.H2O/c2*7-6(9)5-2-1-3-8-4-5;;/h2*1-4H,(H2,7,9);1H;1H2. The Morgan fingerprint density at radius 3 is 1.95 bits per heavy atom. The molecule has 8 heteroatoms. The summed E-state index contributed by atoms with van der Waals surface area (Å²) in [7, 11) is 0. The third-order valence-electron chi connectivity index (χ3n) is 1.94. The summed E-state index contributed by atoms with van der Waals surface area (Å²) in [6, 6.07) is 6.66. The number of aromatic nitrogens is 2. The third kappa shape index (κ3) is 7.04. The van der Waals surface area contributed by atoms with Gasteiger partial charge in [0.1, 0.15) is 5.56 Å². The molecule has 0 radical (unpaired) electrons. The molecular weight excluding hydrogens is 284 g/mol. The number of hydrogen-bond donors (Lipinski definition) is 2. The predicted octanol–water partition coefficient (Wildman–Crippen LogP) is -4.04. The molecule has 108 valence electrons. The van der Waals surface area contributed by atoms with Crippen LogP contribution in [0.15, 0.2) is 49.1 Å². The Balaban J connectivity index is 0. The van der Waals surface area contributed by atoms with Crippen molar-refractivity contribution in [2.24, 2.45) is 11.5 Å². The first kappa shape index (κ1) is 19.8. The molecule has 2 rings (SSSR count). The Bertz CT molecular complexity index is 473. The molecule has 0 aliphatic rings. The number of aromatic amines is 1. The molecule has 0 saturated heterocycles. The van der Waals surface area contributed by atoms with Gasteiger partial charge >= 0.3 is 0 Å². The smallest absolute Gasteiger partial charge is 0.254 e. The molecule has 0 saturated carbocycles. The van der Waals surface area contributed by atoms with Crippen LogP contribution in [0.2, 0.25) is 0 Å². The number of amides is 2. The molecule has 0 aliphatic carbocycles. The molecular formula is C12H15ClN4O3. The average Bonchev–Trinajstić information content (AvgIpc) is 2.41. The maximum Gasteiger partial charge on any atom is 0.254 e. The molecule has 2 heterocycles. The molecule has 0 aromatic carbocycles. The van der Waals surface area contributed by atoms with Crippen molar-refractivity contribution >= 4 is 11.8 Å². The van der Waals surface area contributed by atoms with Crippen LogP contribution in [-0.2, 0) is 0 Å².